The normalized spacial score (nSPS) is 14.3. The molecular weight excluding hydrogens is 238 g/mol. The Bertz CT molecular complexity index is 466. The van der Waals surface area contributed by atoms with E-state index in [1.165, 1.54) is 43.1 Å². The third-order valence-corrected chi connectivity index (χ3v) is 3.84. The van der Waals surface area contributed by atoms with Crippen LogP contribution in [-0.2, 0) is 28.8 Å². The Labute approximate surface area is 115 Å². The molecule has 1 aromatic rings. The van der Waals surface area contributed by atoms with Crippen molar-refractivity contribution >= 4 is 5.97 Å². The average Bonchev–Trinajstić information content (AvgIpc) is 2.84. The van der Waals surface area contributed by atoms with Crippen LogP contribution in [-0.4, -0.2) is 25.2 Å². The Morgan fingerprint density at radius 3 is 2.79 bits per heavy atom. The molecule has 0 fully saturated rings. The quantitative estimate of drug-likeness (QED) is 0.826. The molecule has 19 heavy (non-hydrogen) atoms. The van der Waals surface area contributed by atoms with Crippen molar-refractivity contribution in [2.45, 2.75) is 45.1 Å². The van der Waals surface area contributed by atoms with Crippen molar-refractivity contribution in [2.24, 2.45) is 0 Å². The predicted molar refractivity (Wildman–Crippen MR) is 76.3 cm³/mol. The highest BCUT2D eigenvalue weighted by molar-refractivity contribution is 5.79. The summed E-state index contributed by atoms with van der Waals surface area (Å²) in [6.45, 7) is 4.48. The lowest BCUT2D eigenvalue weighted by Crippen LogP contribution is -2.48. The maximum Gasteiger partial charge on any atom is 0.325 e. The highest BCUT2D eigenvalue weighted by Gasteiger charge is 2.27. The molecule has 1 N–H and O–H groups in total. The topological polar surface area (TPSA) is 38.3 Å². The molecule has 0 radical (unpaired) electrons. The lowest BCUT2D eigenvalue weighted by molar-refractivity contribution is -0.147. The summed E-state index contributed by atoms with van der Waals surface area (Å²) in [5.41, 5.74) is 3.73. The number of carbonyl (C=O) groups is 1. The summed E-state index contributed by atoms with van der Waals surface area (Å²) in [6.07, 6.45) is 4.66. The van der Waals surface area contributed by atoms with Crippen LogP contribution in [0.25, 0.3) is 0 Å². The van der Waals surface area contributed by atoms with Crippen molar-refractivity contribution in [1.29, 1.82) is 0 Å². The third-order valence-electron chi connectivity index (χ3n) is 3.84. The monoisotopic (exact) mass is 261 g/mol. The number of nitrogens with one attached hydrogen (secondary N) is 1. The maximum atomic E-state index is 11.5. The van der Waals surface area contributed by atoms with Gasteiger partial charge in [-0.3, -0.25) is 4.79 Å². The maximum absolute atomic E-state index is 11.5. The van der Waals surface area contributed by atoms with Gasteiger partial charge in [0.25, 0.3) is 0 Å². The molecule has 2 rings (SSSR count). The molecule has 1 aliphatic rings. The van der Waals surface area contributed by atoms with Crippen LogP contribution >= 0.6 is 0 Å². The summed E-state index contributed by atoms with van der Waals surface area (Å²) in [5, 5.41) is 3.25. The van der Waals surface area contributed by atoms with Gasteiger partial charge in [0.2, 0.25) is 0 Å². The van der Waals surface area contributed by atoms with Crippen molar-refractivity contribution in [1.82, 2.24) is 5.32 Å². The van der Waals surface area contributed by atoms with Crippen LogP contribution in [0.4, 0.5) is 0 Å². The standard InChI is InChI=1S/C16H23NO2/c1-16(2,15(18)19-3)17-10-9-12-7-8-13-5-4-6-14(13)11-12/h7-8,11,17H,4-6,9-10H2,1-3H3. The number of carbonyl (C=O) groups excluding carboxylic acids is 1. The van der Waals surface area contributed by atoms with Gasteiger partial charge in [-0.1, -0.05) is 18.2 Å². The summed E-state index contributed by atoms with van der Waals surface area (Å²) >= 11 is 0. The van der Waals surface area contributed by atoms with Crippen molar-refractivity contribution < 1.29 is 9.53 Å². The molecule has 3 nitrogen and oxygen atoms in total. The molecule has 3 heteroatoms. The van der Waals surface area contributed by atoms with E-state index in [1.807, 2.05) is 13.8 Å². The fourth-order valence-electron chi connectivity index (χ4n) is 2.63. The minimum Gasteiger partial charge on any atom is -0.468 e. The number of fused-ring (bicyclic) bond motifs is 1. The number of aryl methyl sites for hydroxylation is 2. The average molecular weight is 261 g/mol. The van der Waals surface area contributed by atoms with Crippen LogP contribution in [0.5, 0.6) is 0 Å². The lowest BCUT2D eigenvalue weighted by atomic mass is 10.0. The molecule has 0 aromatic heterocycles. The first-order valence-corrected chi connectivity index (χ1v) is 6.97. The summed E-state index contributed by atoms with van der Waals surface area (Å²) in [6, 6.07) is 6.77. The number of methoxy groups -OCH3 is 1. The third kappa shape index (κ3) is 3.35. The Hall–Kier alpha value is -1.35. The first-order chi connectivity index (χ1) is 9.03. The molecule has 104 valence electrons. The number of ether oxygens (including phenoxy) is 1. The van der Waals surface area contributed by atoms with Gasteiger partial charge in [-0.2, -0.15) is 0 Å². The Balaban J connectivity index is 1.88. The number of hydrogen-bond donors (Lipinski definition) is 1. The Morgan fingerprint density at radius 1 is 1.32 bits per heavy atom. The van der Waals surface area contributed by atoms with Crippen molar-refractivity contribution in [3.63, 3.8) is 0 Å². The van der Waals surface area contributed by atoms with E-state index in [2.05, 4.69) is 23.5 Å². The van der Waals surface area contributed by atoms with Gasteiger partial charge in [-0.05, 0) is 56.2 Å². The highest BCUT2D eigenvalue weighted by Crippen LogP contribution is 2.22. The predicted octanol–water partition coefficient (Wildman–Crippen LogP) is 2.26. The van der Waals surface area contributed by atoms with Crippen LogP contribution in [0.2, 0.25) is 0 Å². The largest absolute Gasteiger partial charge is 0.468 e. The molecule has 0 heterocycles. The molecule has 0 unspecified atom stereocenters. The van der Waals surface area contributed by atoms with Gasteiger partial charge in [0.1, 0.15) is 5.54 Å². The Kier molecular flexibility index (Phi) is 4.25. The van der Waals surface area contributed by atoms with Crippen LogP contribution in [0.3, 0.4) is 0 Å². The summed E-state index contributed by atoms with van der Waals surface area (Å²) in [5.74, 6) is -0.221. The second-order valence-corrected chi connectivity index (χ2v) is 5.75. The lowest BCUT2D eigenvalue weighted by Gasteiger charge is -2.23. The first-order valence-electron chi connectivity index (χ1n) is 6.97. The smallest absolute Gasteiger partial charge is 0.325 e. The second kappa shape index (κ2) is 5.74. The molecule has 0 amide bonds. The Morgan fingerprint density at radius 2 is 2.05 bits per heavy atom. The molecule has 0 saturated carbocycles. The fourth-order valence-corrected chi connectivity index (χ4v) is 2.63. The summed E-state index contributed by atoms with van der Waals surface area (Å²) in [7, 11) is 1.42. The van der Waals surface area contributed by atoms with Gasteiger partial charge in [0, 0.05) is 6.54 Å². The van der Waals surface area contributed by atoms with Crippen LogP contribution in [0.1, 0.15) is 37.0 Å². The number of benzene rings is 1. The van der Waals surface area contributed by atoms with E-state index in [9.17, 15) is 4.79 Å². The highest BCUT2D eigenvalue weighted by atomic mass is 16.5. The van der Waals surface area contributed by atoms with E-state index < -0.39 is 5.54 Å². The SMILES string of the molecule is COC(=O)C(C)(C)NCCc1ccc2c(c1)CCC2. The summed E-state index contributed by atoms with van der Waals surface area (Å²) < 4.78 is 4.78. The fraction of sp³-hybridized carbons (Fsp3) is 0.562. The van der Waals surface area contributed by atoms with Crippen molar-refractivity contribution in [3.8, 4) is 0 Å². The van der Waals surface area contributed by atoms with E-state index in [1.54, 1.807) is 0 Å². The number of esters is 1. The zero-order valence-electron chi connectivity index (χ0n) is 12.1. The molecular formula is C16H23NO2. The van der Waals surface area contributed by atoms with Gasteiger partial charge >= 0.3 is 5.97 Å². The van der Waals surface area contributed by atoms with Crippen molar-refractivity contribution in [2.75, 3.05) is 13.7 Å². The molecule has 0 spiro atoms. The van der Waals surface area contributed by atoms with Gasteiger partial charge in [-0.25, -0.2) is 0 Å². The van der Waals surface area contributed by atoms with E-state index in [-0.39, 0.29) is 5.97 Å². The molecule has 0 saturated heterocycles. The van der Waals surface area contributed by atoms with Crippen LogP contribution in [0, 0.1) is 0 Å². The zero-order chi connectivity index (χ0) is 13.9. The number of hydrogen-bond acceptors (Lipinski definition) is 3. The van der Waals surface area contributed by atoms with E-state index in [0.29, 0.717) is 0 Å². The van der Waals surface area contributed by atoms with Gasteiger partial charge < -0.3 is 10.1 Å². The zero-order valence-corrected chi connectivity index (χ0v) is 12.1. The van der Waals surface area contributed by atoms with E-state index >= 15 is 0 Å². The van der Waals surface area contributed by atoms with Gasteiger partial charge in [0.05, 0.1) is 7.11 Å². The second-order valence-electron chi connectivity index (χ2n) is 5.75. The van der Waals surface area contributed by atoms with Gasteiger partial charge in [0.15, 0.2) is 0 Å². The number of rotatable bonds is 5. The first kappa shape index (κ1) is 14.1. The molecule has 0 aliphatic heterocycles. The molecule has 0 atom stereocenters. The molecule has 1 aliphatic carbocycles. The van der Waals surface area contributed by atoms with Crippen LogP contribution in [0.15, 0.2) is 18.2 Å². The van der Waals surface area contributed by atoms with E-state index in [4.69, 9.17) is 4.74 Å². The van der Waals surface area contributed by atoms with Crippen molar-refractivity contribution in [3.05, 3.63) is 34.9 Å². The van der Waals surface area contributed by atoms with Gasteiger partial charge in [-0.15, -0.1) is 0 Å². The van der Waals surface area contributed by atoms with Crippen LogP contribution < -0.4 is 5.32 Å². The minimum atomic E-state index is -0.620. The van der Waals surface area contributed by atoms with E-state index in [0.717, 1.165) is 13.0 Å². The summed E-state index contributed by atoms with van der Waals surface area (Å²) in [4.78, 5) is 11.5. The minimum absolute atomic E-state index is 0.221. The molecule has 0 bridgehead atoms. The molecule has 1 aromatic carbocycles.